The highest BCUT2D eigenvalue weighted by atomic mass is 16.6. The molecule has 4 aliphatic carbocycles. The zero-order chi connectivity index (χ0) is 17.9. The van der Waals surface area contributed by atoms with Crippen molar-refractivity contribution in [3.05, 3.63) is 99.1 Å². The van der Waals surface area contributed by atoms with E-state index < -0.39 is 0 Å². The van der Waals surface area contributed by atoms with Gasteiger partial charge in [0.2, 0.25) is 0 Å². The summed E-state index contributed by atoms with van der Waals surface area (Å²) >= 11 is 0. The van der Waals surface area contributed by atoms with Gasteiger partial charge in [-0.25, -0.2) is 0 Å². The topological polar surface area (TPSA) is 55.2 Å². The lowest BCUT2D eigenvalue weighted by Crippen LogP contribution is -2.02. The molecule has 1 N–H and O–H groups in total. The number of hydrogen-bond donors (Lipinski definition) is 1. The van der Waals surface area contributed by atoms with Crippen molar-refractivity contribution >= 4 is 17.1 Å². The molecule has 0 heterocycles. The molecule has 4 aliphatic rings. The van der Waals surface area contributed by atoms with Gasteiger partial charge in [-0.3, -0.25) is 10.1 Å². The van der Waals surface area contributed by atoms with Crippen molar-refractivity contribution < 1.29 is 4.92 Å². The van der Waals surface area contributed by atoms with Gasteiger partial charge in [0, 0.05) is 23.5 Å². The summed E-state index contributed by atoms with van der Waals surface area (Å²) in [5.41, 5.74) is 7.33. The van der Waals surface area contributed by atoms with Gasteiger partial charge in [0.25, 0.3) is 5.69 Å². The molecule has 4 heteroatoms. The molecule has 0 radical (unpaired) electrons. The second kappa shape index (κ2) is 7.00. The minimum absolute atomic E-state index is 0.106. The highest BCUT2D eigenvalue weighted by molar-refractivity contribution is 5.65. The number of hydrogen-bond acceptors (Lipinski definition) is 3. The van der Waals surface area contributed by atoms with Gasteiger partial charge in [0.05, 0.1) is 4.92 Å². The average Bonchev–Trinajstić information content (AvgIpc) is 2.65. The van der Waals surface area contributed by atoms with Crippen LogP contribution in [0.5, 0.6) is 0 Å². The lowest BCUT2D eigenvalue weighted by molar-refractivity contribution is -0.384. The predicted octanol–water partition coefficient (Wildman–Crippen LogP) is 5.22. The number of nitrogens with zero attached hydrogens (tertiary/aromatic N) is 1. The lowest BCUT2D eigenvalue weighted by atomic mass is 9.95. The van der Waals surface area contributed by atoms with E-state index in [-0.39, 0.29) is 10.6 Å². The fraction of sp³-hybridized carbons (Fsp3) is 0.182. The van der Waals surface area contributed by atoms with Gasteiger partial charge in [0.1, 0.15) is 0 Å². The Kier molecular flexibility index (Phi) is 4.40. The summed E-state index contributed by atoms with van der Waals surface area (Å²) in [6.45, 7) is 0. The molecule has 4 nitrogen and oxygen atoms in total. The van der Waals surface area contributed by atoms with Crippen LogP contribution in [-0.4, -0.2) is 4.92 Å². The summed E-state index contributed by atoms with van der Waals surface area (Å²) in [6, 6.07) is 22.1. The van der Waals surface area contributed by atoms with Crippen molar-refractivity contribution in [2.24, 2.45) is 0 Å². The average molecular weight is 344 g/mol. The van der Waals surface area contributed by atoms with E-state index in [1.807, 2.05) is 0 Å². The van der Waals surface area contributed by atoms with Crippen molar-refractivity contribution in [2.45, 2.75) is 25.7 Å². The number of aryl methyl sites for hydroxylation is 4. The summed E-state index contributed by atoms with van der Waals surface area (Å²) in [6.07, 6.45) is 3.97. The van der Waals surface area contributed by atoms with Crippen LogP contribution in [0.15, 0.2) is 66.7 Å². The number of nitro groups is 1. The van der Waals surface area contributed by atoms with Crippen molar-refractivity contribution in [2.75, 3.05) is 5.32 Å². The fourth-order valence-corrected chi connectivity index (χ4v) is 3.38. The monoisotopic (exact) mass is 344 g/mol. The summed E-state index contributed by atoms with van der Waals surface area (Å²) in [7, 11) is 0. The summed E-state index contributed by atoms with van der Waals surface area (Å²) in [5.74, 6) is 0. The number of nitrogens with one attached hydrogen (secondary N) is 1. The third-order valence-electron chi connectivity index (χ3n) is 4.94. The quantitative estimate of drug-likeness (QED) is 0.523. The molecule has 26 heavy (non-hydrogen) atoms. The molecule has 4 bridgehead atoms. The molecular weight excluding hydrogens is 324 g/mol. The molecule has 0 aromatic heterocycles. The number of non-ortho nitro benzene ring substituents is 1. The molecule has 130 valence electrons. The maximum atomic E-state index is 10.8. The van der Waals surface area contributed by atoms with Crippen molar-refractivity contribution in [3.63, 3.8) is 0 Å². The molecular formula is C22H20N2O2. The first-order chi connectivity index (χ1) is 12.7. The second-order valence-electron chi connectivity index (χ2n) is 6.74. The zero-order valence-electron chi connectivity index (χ0n) is 14.4. The second-order valence-corrected chi connectivity index (χ2v) is 6.74. The summed E-state index contributed by atoms with van der Waals surface area (Å²) in [4.78, 5) is 10.5. The van der Waals surface area contributed by atoms with Crippen LogP contribution in [0.2, 0.25) is 0 Å². The van der Waals surface area contributed by atoms with Gasteiger partial charge in [-0.2, -0.15) is 0 Å². The first-order valence-corrected chi connectivity index (χ1v) is 8.88. The Bertz CT molecular complexity index is 931. The Balaban J connectivity index is 1.63. The smallest absolute Gasteiger partial charge is 0.269 e. The molecule has 0 amide bonds. The minimum Gasteiger partial charge on any atom is -0.355 e. The van der Waals surface area contributed by atoms with Crippen LogP contribution in [0, 0.1) is 10.1 Å². The van der Waals surface area contributed by atoms with Gasteiger partial charge in [-0.05, 0) is 66.1 Å². The predicted molar refractivity (Wildman–Crippen MR) is 104 cm³/mol. The fourth-order valence-electron chi connectivity index (χ4n) is 3.38. The first kappa shape index (κ1) is 16.3. The normalized spacial score (nSPS) is 13.1. The SMILES string of the molecule is O=[N+]([O-])c1ccc(Nc2cc3ccc2CCc2ccc(cc2)CC3)cc1. The van der Waals surface area contributed by atoms with E-state index in [1.54, 1.807) is 12.1 Å². The van der Waals surface area contributed by atoms with E-state index in [4.69, 9.17) is 0 Å². The van der Waals surface area contributed by atoms with Gasteiger partial charge in [0.15, 0.2) is 0 Å². The molecule has 0 saturated heterocycles. The maximum absolute atomic E-state index is 10.8. The van der Waals surface area contributed by atoms with Gasteiger partial charge >= 0.3 is 0 Å². The lowest BCUT2D eigenvalue weighted by Gasteiger charge is -2.16. The molecule has 0 spiro atoms. The van der Waals surface area contributed by atoms with E-state index in [1.165, 1.54) is 34.4 Å². The van der Waals surface area contributed by atoms with Crippen LogP contribution in [0.25, 0.3) is 0 Å². The summed E-state index contributed by atoms with van der Waals surface area (Å²) < 4.78 is 0. The van der Waals surface area contributed by atoms with Crippen molar-refractivity contribution in [1.29, 1.82) is 0 Å². The largest absolute Gasteiger partial charge is 0.355 e. The van der Waals surface area contributed by atoms with Gasteiger partial charge < -0.3 is 5.32 Å². The highest BCUT2D eigenvalue weighted by Crippen LogP contribution is 2.27. The molecule has 0 aliphatic heterocycles. The van der Waals surface area contributed by atoms with Crippen LogP contribution < -0.4 is 5.32 Å². The van der Waals surface area contributed by atoms with E-state index in [0.29, 0.717) is 0 Å². The molecule has 0 unspecified atom stereocenters. The van der Waals surface area contributed by atoms with E-state index in [9.17, 15) is 10.1 Å². The number of benzene rings is 3. The van der Waals surface area contributed by atoms with E-state index in [0.717, 1.165) is 37.1 Å². The summed E-state index contributed by atoms with van der Waals surface area (Å²) in [5, 5.41) is 14.3. The van der Waals surface area contributed by atoms with Gasteiger partial charge in [-0.1, -0.05) is 36.4 Å². The third kappa shape index (κ3) is 3.59. The van der Waals surface area contributed by atoms with E-state index in [2.05, 4.69) is 47.8 Å². The maximum Gasteiger partial charge on any atom is 0.269 e. The third-order valence-corrected chi connectivity index (χ3v) is 4.94. The minimum atomic E-state index is -0.376. The molecule has 3 aromatic carbocycles. The van der Waals surface area contributed by atoms with Crippen LogP contribution in [0.4, 0.5) is 17.1 Å². The molecule has 0 atom stereocenters. The molecule has 0 fully saturated rings. The Labute approximate surface area is 152 Å². The zero-order valence-corrected chi connectivity index (χ0v) is 14.4. The van der Waals surface area contributed by atoms with Crippen LogP contribution in [0.1, 0.15) is 22.3 Å². The van der Waals surface area contributed by atoms with Crippen molar-refractivity contribution in [1.82, 2.24) is 0 Å². The molecule has 0 saturated carbocycles. The number of nitro benzene ring substituents is 1. The van der Waals surface area contributed by atoms with Crippen LogP contribution >= 0.6 is 0 Å². The Morgan fingerprint density at radius 1 is 0.731 bits per heavy atom. The van der Waals surface area contributed by atoms with E-state index >= 15 is 0 Å². The highest BCUT2D eigenvalue weighted by Gasteiger charge is 2.09. The Hall–Kier alpha value is -3.14. The molecule has 7 rings (SSSR count). The Morgan fingerprint density at radius 3 is 1.96 bits per heavy atom. The number of anilines is 2. The van der Waals surface area contributed by atoms with Crippen molar-refractivity contribution in [3.8, 4) is 0 Å². The Morgan fingerprint density at radius 2 is 1.31 bits per heavy atom. The van der Waals surface area contributed by atoms with Crippen LogP contribution in [-0.2, 0) is 25.7 Å². The first-order valence-electron chi connectivity index (χ1n) is 8.88. The molecule has 3 aromatic rings. The van der Waals surface area contributed by atoms with Gasteiger partial charge in [-0.15, -0.1) is 0 Å². The number of rotatable bonds is 3. The van der Waals surface area contributed by atoms with Crippen LogP contribution in [0.3, 0.4) is 0 Å². The standard InChI is InChI=1S/C22H20N2O2/c25-24(26)21-13-11-20(12-14-21)23-22-15-18-6-5-16-1-3-17(4-2-16)7-9-19(22)10-8-18/h1-4,8,10-15,23H,5-7,9H2.